The molecule has 0 saturated carbocycles. The zero-order valence-corrected chi connectivity index (χ0v) is 18.5. The molecule has 29 heavy (non-hydrogen) atoms. The van der Waals surface area contributed by atoms with Crippen molar-refractivity contribution >= 4 is 23.4 Å². The quantitative estimate of drug-likeness (QED) is 0.811. The topological polar surface area (TPSA) is 61.4 Å². The standard InChI is InChI=1S/C23H33N5O/c1-15(2)19-8-7-9-20(16(3)4)22(19)25-21-14-17(5)24-23(26-21)28-12-10-27(11-13-28)18(6)29/h7-9,14-16H,10-13H2,1-6H3,(H,24,25,26). The van der Waals surface area contributed by atoms with Gasteiger partial charge in [-0.25, -0.2) is 4.98 Å². The van der Waals surface area contributed by atoms with Crippen LogP contribution in [0.4, 0.5) is 17.5 Å². The van der Waals surface area contributed by atoms with Crippen molar-refractivity contribution in [1.82, 2.24) is 14.9 Å². The normalized spacial score (nSPS) is 14.6. The van der Waals surface area contributed by atoms with Gasteiger partial charge in [0.25, 0.3) is 0 Å². The Balaban J connectivity index is 1.89. The number of benzene rings is 1. The number of hydrogen-bond donors (Lipinski definition) is 1. The van der Waals surface area contributed by atoms with E-state index in [1.807, 2.05) is 17.9 Å². The third-order valence-corrected chi connectivity index (χ3v) is 5.48. The van der Waals surface area contributed by atoms with Gasteiger partial charge in [0.15, 0.2) is 0 Å². The van der Waals surface area contributed by atoms with Crippen molar-refractivity contribution in [2.75, 3.05) is 36.4 Å². The van der Waals surface area contributed by atoms with E-state index < -0.39 is 0 Å². The number of aryl methyl sites for hydroxylation is 1. The highest BCUT2D eigenvalue weighted by Gasteiger charge is 2.21. The Hall–Kier alpha value is -2.63. The van der Waals surface area contributed by atoms with Crippen molar-refractivity contribution in [2.24, 2.45) is 0 Å². The Bertz CT molecular complexity index is 843. The predicted octanol–water partition coefficient (Wildman–Crippen LogP) is 4.44. The second-order valence-electron chi connectivity index (χ2n) is 8.43. The Morgan fingerprint density at radius 1 is 1.00 bits per heavy atom. The zero-order chi connectivity index (χ0) is 21.1. The van der Waals surface area contributed by atoms with E-state index >= 15 is 0 Å². The summed E-state index contributed by atoms with van der Waals surface area (Å²) in [6.07, 6.45) is 0. The van der Waals surface area contributed by atoms with Crippen LogP contribution < -0.4 is 10.2 Å². The van der Waals surface area contributed by atoms with Crippen molar-refractivity contribution in [3.63, 3.8) is 0 Å². The van der Waals surface area contributed by atoms with Gasteiger partial charge in [-0.15, -0.1) is 0 Å². The fraction of sp³-hybridized carbons (Fsp3) is 0.522. The third-order valence-electron chi connectivity index (χ3n) is 5.48. The molecule has 1 aromatic heterocycles. The van der Waals surface area contributed by atoms with E-state index in [1.165, 1.54) is 11.1 Å². The van der Waals surface area contributed by atoms with Crippen molar-refractivity contribution in [2.45, 2.75) is 53.4 Å². The minimum absolute atomic E-state index is 0.128. The van der Waals surface area contributed by atoms with Crippen LogP contribution in [0.25, 0.3) is 0 Å². The lowest BCUT2D eigenvalue weighted by molar-refractivity contribution is -0.129. The number of carbonyl (C=O) groups excluding carboxylic acids is 1. The molecule has 1 saturated heterocycles. The highest BCUT2D eigenvalue weighted by atomic mass is 16.2. The molecule has 1 aliphatic heterocycles. The van der Waals surface area contributed by atoms with Crippen LogP contribution in [0.15, 0.2) is 24.3 Å². The molecule has 0 bridgehead atoms. The number of hydrogen-bond acceptors (Lipinski definition) is 5. The van der Waals surface area contributed by atoms with Crippen molar-refractivity contribution < 1.29 is 4.79 Å². The molecule has 1 amide bonds. The van der Waals surface area contributed by atoms with Gasteiger partial charge in [-0.3, -0.25) is 4.79 Å². The fourth-order valence-corrected chi connectivity index (χ4v) is 3.80. The molecule has 6 heteroatoms. The SMILES string of the molecule is CC(=O)N1CCN(c2nc(C)cc(Nc3c(C(C)C)cccc3C(C)C)n2)CC1. The maximum Gasteiger partial charge on any atom is 0.227 e. The first-order valence-corrected chi connectivity index (χ1v) is 10.5. The van der Waals surface area contributed by atoms with E-state index in [2.05, 4.69) is 61.1 Å². The van der Waals surface area contributed by atoms with Gasteiger partial charge in [-0.2, -0.15) is 4.98 Å². The number of nitrogens with one attached hydrogen (secondary N) is 1. The van der Waals surface area contributed by atoms with E-state index in [1.54, 1.807) is 6.92 Å². The Kier molecular flexibility index (Phi) is 6.40. The first-order chi connectivity index (χ1) is 13.8. The van der Waals surface area contributed by atoms with Gasteiger partial charge in [0.1, 0.15) is 5.82 Å². The van der Waals surface area contributed by atoms with Gasteiger partial charge in [-0.1, -0.05) is 45.9 Å². The van der Waals surface area contributed by atoms with E-state index in [9.17, 15) is 4.79 Å². The molecule has 0 unspecified atom stereocenters. The van der Waals surface area contributed by atoms with E-state index in [0.29, 0.717) is 24.9 Å². The van der Waals surface area contributed by atoms with Crippen LogP contribution in [0.5, 0.6) is 0 Å². The monoisotopic (exact) mass is 395 g/mol. The molecule has 2 heterocycles. The number of nitrogens with zero attached hydrogens (tertiary/aromatic N) is 4. The zero-order valence-electron chi connectivity index (χ0n) is 18.5. The second kappa shape index (κ2) is 8.80. The Morgan fingerprint density at radius 2 is 1.59 bits per heavy atom. The second-order valence-corrected chi connectivity index (χ2v) is 8.43. The average Bonchev–Trinajstić information content (AvgIpc) is 2.67. The molecule has 1 aromatic carbocycles. The number of piperazine rings is 1. The number of rotatable bonds is 5. The summed E-state index contributed by atoms with van der Waals surface area (Å²) >= 11 is 0. The maximum atomic E-state index is 11.6. The lowest BCUT2D eigenvalue weighted by atomic mass is 9.92. The fourth-order valence-electron chi connectivity index (χ4n) is 3.80. The third kappa shape index (κ3) is 4.86. The summed E-state index contributed by atoms with van der Waals surface area (Å²) in [5.41, 5.74) is 4.68. The average molecular weight is 396 g/mol. The van der Waals surface area contributed by atoms with Gasteiger partial charge in [0, 0.05) is 50.6 Å². The number of amides is 1. The smallest absolute Gasteiger partial charge is 0.227 e. The number of anilines is 3. The van der Waals surface area contributed by atoms with Crippen LogP contribution in [-0.2, 0) is 4.79 Å². The lowest BCUT2D eigenvalue weighted by Gasteiger charge is -2.34. The van der Waals surface area contributed by atoms with Crippen LogP contribution in [-0.4, -0.2) is 47.0 Å². The molecule has 6 nitrogen and oxygen atoms in total. The van der Waals surface area contributed by atoms with Crippen molar-refractivity contribution in [3.05, 3.63) is 41.1 Å². The minimum Gasteiger partial charge on any atom is -0.340 e. The van der Waals surface area contributed by atoms with Crippen LogP contribution in [0, 0.1) is 6.92 Å². The van der Waals surface area contributed by atoms with Gasteiger partial charge < -0.3 is 15.1 Å². The number of para-hydroxylation sites is 1. The number of carbonyl (C=O) groups is 1. The molecule has 2 aromatic rings. The molecule has 1 N–H and O–H groups in total. The Morgan fingerprint density at radius 3 is 2.10 bits per heavy atom. The maximum absolute atomic E-state index is 11.6. The molecule has 3 rings (SSSR count). The minimum atomic E-state index is 0.128. The molecule has 0 radical (unpaired) electrons. The van der Waals surface area contributed by atoms with Crippen LogP contribution in [0.1, 0.15) is 63.3 Å². The van der Waals surface area contributed by atoms with Gasteiger partial charge in [-0.05, 0) is 29.9 Å². The summed E-state index contributed by atoms with van der Waals surface area (Å²) in [7, 11) is 0. The number of aromatic nitrogens is 2. The summed E-state index contributed by atoms with van der Waals surface area (Å²) in [6, 6.07) is 8.52. The van der Waals surface area contributed by atoms with Crippen molar-refractivity contribution in [3.8, 4) is 0 Å². The van der Waals surface area contributed by atoms with Gasteiger partial charge >= 0.3 is 0 Å². The summed E-state index contributed by atoms with van der Waals surface area (Å²) in [6.45, 7) is 15.4. The molecule has 0 atom stereocenters. The van der Waals surface area contributed by atoms with Crippen LogP contribution in [0.3, 0.4) is 0 Å². The first-order valence-electron chi connectivity index (χ1n) is 10.5. The van der Waals surface area contributed by atoms with Crippen LogP contribution in [0.2, 0.25) is 0 Å². The van der Waals surface area contributed by atoms with E-state index in [4.69, 9.17) is 4.98 Å². The Labute approximate surface area is 174 Å². The van der Waals surface area contributed by atoms with E-state index in [-0.39, 0.29) is 5.91 Å². The highest BCUT2D eigenvalue weighted by molar-refractivity contribution is 5.73. The molecular weight excluding hydrogens is 362 g/mol. The van der Waals surface area contributed by atoms with Crippen molar-refractivity contribution in [1.29, 1.82) is 0 Å². The lowest BCUT2D eigenvalue weighted by Crippen LogP contribution is -2.48. The molecule has 1 fully saturated rings. The summed E-state index contributed by atoms with van der Waals surface area (Å²) in [5, 5.41) is 3.61. The predicted molar refractivity (Wildman–Crippen MR) is 119 cm³/mol. The first kappa shape index (κ1) is 21.1. The van der Waals surface area contributed by atoms with Gasteiger partial charge in [0.2, 0.25) is 11.9 Å². The molecule has 0 aliphatic carbocycles. The molecule has 1 aliphatic rings. The largest absolute Gasteiger partial charge is 0.340 e. The highest BCUT2D eigenvalue weighted by Crippen LogP contribution is 2.34. The molecular formula is C23H33N5O. The molecule has 156 valence electrons. The van der Waals surface area contributed by atoms with E-state index in [0.717, 1.165) is 36.2 Å². The molecule has 0 spiro atoms. The summed E-state index contributed by atoms with van der Waals surface area (Å²) in [5.74, 6) is 2.50. The summed E-state index contributed by atoms with van der Waals surface area (Å²) in [4.78, 5) is 25.1. The van der Waals surface area contributed by atoms with Crippen LogP contribution >= 0.6 is 0 Å². The summed E-state index contributed by atoms with van der Waals surface area (Å²) < 4.78 is 0. The van der Waals surface area contributed by atoms with Gasteiger partial charge in [0.05, 0.1) is 0 Å².